The van der Waals surface area contributed by atoms with Gasteiger partial charge in [-0.1, -0.05) is 6.92 Å². The van der Waals surface area contributed by atoms with Gasteiger partial charge in [0, 0.05) is 30.1 Å². The summed E-state index contributed by atoms with van der Waals surface area (Å²) >= 11 is 1.51. The van der Waals surface area contributed by atoms with E-state index in [0.717, 1.165) is 55.3 Å². The summed E-state index contributed by atoms with van der Waals surface area (Å²) in [6.07, 6.45) is 3.15. The fourth-order valence-electron chi connectivity index (χ4n) is 2.98. The van der Waals surface area contributed by atoms with Gasteiger partial charge in [-0.15, -0.1) is 11.3 Å². The zero-order valence-electron chi connectivity index (χ0n) is 14.8. The van der Waals surface area contributed by atoms with E-state index in [0.29, 0.717) is 11.7 Å². The molecule has 0 aliphatic carbocycles. The first-order valence-corrected chi connectivity index (χ1v) is 9.74. The van der Waals surface area contributed by atoms with Crippen molar-refractivity contribution >= 4 is 17.2 Å². The molecule has 134 valence electrons. The number of thiazole rings is 1. The van der Waals surface area contributed by atoms with Crippen LogP contribution in [0.2, 0.25) is 0 Å². The lowest BCUT2D eigenvalue weighted by atomic mass is 10.1. The first-order chi connectivity index (χ1) is 12.2. The zero-order chi connectivity index (χ0) is 17.6. The van der Waals surface area contributed by atoms with Gasteiger partial charge in [-0.25, -0.2) is 4.98 Å². The molecule has 0 bridgehead atoms. The molecule has 25 heavy (non-hydrogen) atoms. The molecule has 2 aromatic rings. The Hall–Kier alpha value is -1.92. The van der Waals surface area contributed by atoms with E-state index in [1.807, 2.05) is 41.6 Å². The number of nitrogens with zero attached hydrogens (tertiary/aromatic N) is 2. The Balaban J connectivity index is 1.68. The quantitative estimate of drug-likeness (QED) is 0.859. The monoisotopic (exact) mass is 359 g/mol. The number of carbonyl (C=O) groups is 1. The maximum atomic E-state index is 12.7. The van der Waals surface area contributed by atoms with Crippen LogP contribution in [0.4, 0.5) is 0 Å². The second kappa shape index (κ2) is 8.45. The summed E-state index contributed by atoms with van der Waals surface area (Å²) in [7, 11) is 1.95. The molecule has 1 N–H and O–H groups in total. The molecule has 2 heterocycles. The molecular formula is C19H25N3O2S. The maximum Gasteiger partial charge on any atom is 0.273 e. The Labute approximate surface area is 153 Å². The van der Waals surface area contributed by atoms with Crippen molar-refractivity contribution in [2.75, 3.05) is 26.7 Å². The number of hydrogen-bond donors (Lipinski definition) is 1. The minimum Gasteiger partial charge on any atom is -0.494 e. The molecular weight excluding hydrogens is 334 g/mol. The standard InChI is InChI=1S/C19H25N3O2S/c1-3-11-24-16-8-6-14(7-9-16)18-21-17(13-25-18)19(23)22-10-4-5-15(12-22)20-2/h6-9,13,15,20H,3-5,10-12H2,1-2H3. The largest absolute Gasteiger partial charge is 0.494 e. The van der Waals surface area contributed by atoms with Gasteiger partial charge in [0.2, 0.25) is 0 Å². The highest BCUT2D eigenvalue weighted by atomic mass is 32.1. The highest BCUT2D eigenvalue weighted by molar-refractivity contribution is 7.13. The third-order valence-corrected chi connectivity index (χ3v) is 5.31. The number of aromatic nitrogens is 1. The van der Waals surface area contributed by atoms with Crippen LogP contribution in [-0.2, 0) is 0 Å². The Morgan fingerprint density at radius 3 is 2.92 bits per heavy atom. The molecule has 0 saturated carbocycles. The van der Waals surface area contributed by atoms with Crippen molar-refractivity contribution in [3.8, 4) is 16.3 Å². The fourth-order valence-corrected chi connectivity index (χ4v) is 3.78. The molecule has 1 unspecified atom stereocenters. The number of amides is 1. The minimum absolute atomic E-state index is 0.0327. The van der Waals surface area contributed by atoms with Crippen LogP contribution >= 0.6 is 11.3 Å². The molecule has 1 atom stereocenters. The number of hydrogen-bond acceptors (Lipinski definition) is 5. The van der Waals surface area contributed by atoms with Crippen LogP contribution in [-0.4, -0.2) is 48.6 Å². The number of rotatable bonds is 6. The van der Waals surface area contributed by atoms with Gasteiger partial charge >= 0.3 is 0 Å². The lowest BCUT2D eigenvalue weighted by molar-refractivity contribution is 0.0693. The number of likely N-dealkylation sites (N-methyl/N-ethyl adjacent to an activating group) is 1. The third kappa shape index (κ3) is 4.38. The molecule has 1 aliphatic rings. The number of nitrogens with one attached hydrogen (secondary N) is 1. The predicted molar refractivity (Wildman–Crippen MR) is 101 cm³/mol. The summed E-state index contributed by atoms with van der Waals surface area (Å²) in [5, 5.41) is 6.00. The molecule has 1 saturated heterocycles. The zero-order valence-corrected chi connectivity index (χ0v) is 15.6. The minimum atomic E-state index is 0.0327. The number of likely N-dealkylation sites (tertiary alicyclic amines) is 1. The van der Waals surface area contributed by atoms with E-state index in [2.05, 4.69) is 17.2 Å². The molecule has 1 amide bonds. The van der Waals surface area contributed by atoms with Gasteiger partial charge in [0.05, 0.1) is 6.61 Å². The average Bonchev–Trinajstić information content (AvgIpc) is 3.16. The third-order valence-electron chi connectivity index (χ3n) is 4.41. The highest BCUT2D eigenvalue weighted by Gasteiger charge is 2.25. The van der Waals surface area contributed by atoms with E-state index in [4.69, 9.17) is 4.74 Å². The van der Waals surface area contributed by atoms with Crippen molar-refractivity contribution in [1.82, 2.24) is 15.2 Å². The second-order valence-corrected chi connectivity index (χ2v) is 7.15. The van der Waals surface area contributed by atoms with Gasteiger partial charge in [-0.3, -0.25) is 4.79 Å². The fraction of sp³-hybridized carbons (Fsp3) is 0.474. The summed E-state index contributed by atoms with van der Waals surface area (Å²) in [5.74, 6) is 0.898. The van der Waals surface area contributed by atoms with Crippen LogP contribution in [0.1, 0.15) is 36.7 Å². The molecule has 5 nitrogen and oxygen atoms in total. The van der Waals surface area contributed by atoms with Crippen LogP contribution in [0.5, 0.6) is 5.75 Å². The van der Waals surface area contributed by atoms with E-state index in [9.17, 15) is 4.79 Å². The molecule has 0 spiro atoms. The number of benzene rings is 1. The van der Waals surface area contributed by atoms with Gasteiger partial charge in [0.15, 0.2) is 0 Å². The van der Waals surface area contributed by atoms with Crippen LogP contribution in [0, 0.1) is 0 Å². The van der Waals surface area contributed by atoms with Crippen LogP contribution in [0.15, 0.2) is 29.6 Å². The van der Waals surface area contributed by atoms with Gasteiger partial charge in [-0.2, -0.15) is 0 Å². The molecule has 1 fully saturated rings. The second-order valence-electron chi connectivity index (χ2n) is 6.29. The lowest BCUT2D eigenvalue weighted by Crippen LogP contribution is -2.47. The Kier molecular flexibility index (Phi) is 6.04. The van der Waals surface area contributed by atoms with Gasteiger partial charge in [0.25, 0.3) is 5.91 Å². The number of piperidine rings is 1. The molecule has 1 aliphatic heterocycles. The van der Waals surface area contributed by atoms with Crippen molar-refractivity contribution < 1.29 is 9.53 Å². The number of carbonyl (C=O) groups excluding carboxylic acids is 1. The molecule has 1 aromatic carbocycles. The van der Waals surface area contributed by atoms with E-state index in [1.54, 1.807) is 0 Å². The van der Waals surface area contributed by atoms with Gasteiger partial charge in [-0.05, 0) is 50.6 Å². The molecule has 3 rings (SSSR count). The summed E-state index contributed by atoms with van der Waals surface area (Å²) in [4.78, 5) is 19.2. The Morgan fingerprint density at radius 1 is 1.40 bits per heavy atom. The van der Waals surface area contributed by atoms with Gasteiger partial charge < -0.3 is 15.0 Å². The summed E-state index contributed by atoms with van der Waals surface area (Å²) in [5.41, 5.74) is 1.56. The number of ether oxygens (including phenoxy) is 1. The molecule has 0 radical (unpaired) electrons. The van der Waals surface area contributed by atoms with Crippen LogP contribution in [0.25, 0.3) is 10.6 Å². The van der Waals surface area contributed by atoms with E-state index in [-0.39, 0.29) is 5.91 Å². The topological polar surface area (TPSA) is 54.5 Å². The van der Waals surface area contributed by atoms with Crippen molar-refractivity contribution in [2.45, 2.75) is 32.2 Å². The first kappa shape index (κ1) is 17.9. The predicted octanol–water partition coefficient (Wildman–Crippen LogP) is 3.42. The van der Waals surface area contributed by atoms with E-state index < -0.39 is 0 Å². The van der Waals surface area contributed by atoms with Crippen molar-refractivity contribution in [3.05, 3.63) is 35.3 Å². The lowest BCUT2D eigenvalue weighted by Gasteiger charge is -2.32. The molecule has 1 aromatic heterocycles. The Morgan fingerprint density at radius 2 is 2.20 bits per heavy atom. The SMILES string of the molecule is CCCOc1ccc(-c2nc(C(=O)N3CCCC(NC)C3)cs2)cc1. The molecule has 6 heteroatoms. The normalized spacial score (nSPS) is 17.5. The van der Waals surface area contributed by atoms with Crippen LogP contribution in [0.3, 0.4) is 0 Å². The van der Waals surface area contributed by atoms with Crippen molar-refractivity contribution in [2.24, 2.45) is 0 Å². The summed E-state index contributed by atoms with van der Waals surface area (Å²) < 4.78 is 5.61. The summed E-state index contributed by atoms with van der Waals surface area (Å²) in [6.45, 7) is 4.38. The smallest absolute Gasteiger partial charge is 0.273 e. The average molecular weight is 359 g/mol. The summed E-state index contributed by atoms with van der Waals surface area (Å²) in [6, 6.07) is 8.28. The van der Waals surface area contributed by atoms with E-state index >= 15 is 0 Å². The maximum absolute atomic E-state index is 12.7. The van der Waals surface area contributed by atoms with E-state index in [1.165, 1.54) is 11.3 Å². The van der Waals surface area contributed by atoms with Crippen molar-refractivity contribution in [3.63, 3.8) is 0 Å². The van der Waals surface area contributed by atoms with Crippen LogP contribution < -0.4 is 10.1 Å². The first-order valence-electron chi connectivity index (χ1n) is 8.86. The van der Waals surface area contributed by atoms with Gasteiger partial charge in [0.1, 0.15) is 16.5 Å². The highest BCUT2D eigenvalue weighted by Crippen LogP contribution is 2.26. The van der Waals surface area contributed by atoms with Crippen molar-refractivity contribution in [1.29, 1.82) is 0 Å². The Bertz CT molecular complexity index is 699.